The van der Waals surface area contributed by atoms with Crippen molar-refractivity contribution in [1.29, 1.82) is 0 Å². The summed E-state index contributed by atoms with van der Waals surface area (Å²) in [6, 6.07) is 7.98. The highest BCUT2D eigenvalue weighted by Gasteiger charge is 2.40. The van der Waals surface area contributed by atoms with E-state index in [1.165, 1.54) is 0 Å². The van der Waals surface area contributed by atoms with E-state index in [0.717, 1.165) is 36.4 Å². The van der Waals surface area contributed by atoms with Crippen molar-refractivity contribution < 1.29 is 9.53 Å². The molecule has 26 heavy (non-hydrogen) atoms. The van der Waals surface area contributed by atoms with E-state index < -0.39 is 0 Å². The van der Waals surface area contributed by atoms with Crippen molar-refractivity contribution >= 4 is 17.5 Å². The van der Waals surface area contributed by atoms with Gasteiger partial charge in [0.05, 0.1) is 6.10 Å². The summed E-state index contributed by atoms with van der Waals surface area (Å²) < 4.78 is 5.99. The van der Waals surface area contributed by atoms with E-state index >= 15 is 0 Å². The third-order valence-corrected chi connectivity index (χ3v) is 5.65. The second kappa shape index (κ2) is 9.72. The van der Waals surface area contributed by atoms with Gasteiger partial charge < -0.3 is 15.0 Å². The van der Waals surface area contributed by atoms with Crippen LogP contribution in [0.4, 0.5) is 0 Å². The monoisotopic (exact) mass is 380 g/mol. The quantitative estimate of drug-likeness (QED) is 0.746. The van der Waals surface area contributed by atoms with Crippen LogP contribution in [0.15, 0.2) is 24.3 Å². The third kappa shape index (κ3) is 6.26. The number of hydrogen-bond acceptors (Lipinski definition) is 3. The van der Waals surface area contributed by atoms with Gasteiger partial charge in [0.2, 0.25) is 5.91 Å². The number of carbonyl (C=O) groups is 1. The first-order valence-corrected chi connectivity index (χ1v) is 9.95. The van der Waals surface area contributed by atoms with Gasteiger partial charge in [0.1, 0.15) is 0 Å². The summed E-state index contributed by atoms with van der Waals surface area (Å²) in [4.78, 5) is 14.7. The summed E-state index contributed by atoms with van der Waals surface area (Å²) in [6.07, 6.45) is 3.33. The van der Waals surface area contributed by atoms with Crippen molar-refractivity contribution in [2.24, 2.45) is 11.3 Å². The Labute approximate surface area is 163 Å². The lowest BCUT2D eigenvalue weighted by molar-refractivity contribution is -0.128. The fourth-order valence-electron chi connectivity index (χ4n) is 3.69. The van der Waals surface area contributed by atoms with Crippen molar-refractivity contribution in [3.63, 3.8) is 0 Å². The predicted octanol–water partition coefficient (Wildman–Crippen LogP) is 3.77. The first-order valence-electron chi connectivity index (χ1n) is 9.58. The van der Waals surface area contributed by atoms with Crippen LogP contribution >= 0.6 is 11.6 Å². The number of likely N-dealkylation sites (N-methyl/N-ethyl adjacent to an activating group) is 1. The number of halogens is 1. The molecule has 1 heterocycles. The van der Waals surface area contributed by atoms with Gasteiger partial charge in [-0.1, -0.05) is 43.6 Å². The van der Waals surface area contributed by atoms with Gasteiger partial charge in [0, 0.05) is 31.1 Å². The fraction of sp³-hybridized carbons (Fsp3) is 0.667. The average molecular weight is 381 g/mol. The number of nitrogens with zero attached hydrogens (tertiary/aromatic N) is 1. The molecule has 0 saturated carbocycles. The maximum absolute atomic E-state index is 12.6. The van der Waals surface area contributed by atoms with E-state index in [9.17, 15) is 4.79 Å². The Bertz CT molecular complexity index is 591. The summed E-state index contributed by atoms with van der Waals surface area (Å²) in [5.74, 6) is 0.570. The molecule has 1 saturated heterocycles. The Balaban J connectivity index is 2.13. The highest BCUT2D eigenvalue weighted by atomic mass is 35.5. The largest absolute Gasteiger partial charge is 0.378 e. The van der Waals surface area contributed by atoms with Gasteiger partial charge in [-0.25, -0.2) is 0 Å². The van der Waals surface area contributed by atoms with E-state index in [1.807, 2.05) is 32.3 Å². The molecular formula is C21H33ClN2O2. The maximum Gasteiger partial charge on any atom is 0.220 e. The molecule has 1 fully saturated rings. The van der Waals surface area contributed by atoms with Crippen molar-refractivity contribution in [2.75, 3.05) is 33.8 Å². The first kappa shape index (κ1) is 21.2. The molecule has 0 unspecified atom stereocenters. The third-order valence-electron chi connectivity index (χ3n) is 5.28. The van der Waals surface area contributed by atoms with Gasteiger partial charge in [-0.15, -0.1) is 0 Å². The van der Waals surface area contributed by atoms with Gasteiger partial charge in [-0.3, -0.25) is 4.79 Å². The summed E-state index contributed by atoms with van der Waals surface area (Å²) in [6.45, 7) is 6.61. The van der Waals surface area contributed by atoms with Crippen LogP contribution < -0.4 is 5.32 Å². The van der Waals surface area contributed by atoms with Gasteiger partial charge in [0.25, 0.3) is 0 Å². The minimum atomic E-state index is -0.0968. The fourth-order valence-corrected chi connectivity index (χ4v) is 3.90. The number of rotatable bonds is 8. The van der Waals surface area contributed by atoms with Crippen LogP contribution in [0.2, 0.25) is 5.02 Å². The van der Waals surface area contributed by atoms with Gasteiger partial charge in [-0.2, -0.15) is 0 Å². The Hall–Kier alpha value is -1.10. The van der Waals surface area contributed by atoms with Gasteiger partial charge >= 0.3 is 0 Å². The highest BCUT2D eigenvalue weighted by molar-refractivity contribution is 6.31. The van der Waals surface area contributed by atoms with Crippen LogP contribution in [-0.2, 0) is 16.0 Å². The molecule has 2 atom stereocenters. The normalized spacial score (nSPS) is 23.4. The molecular weight excluding hydrogens is 348 g/mol. The van der Waals surface area contributed by atoms with E-state index in [2.05, 4.69) is 30.1 Å². The van der Waals surface area contributed by atoms with E-state index in [4.69, 9.17) is 16.3 Å². The summed E-state index contributed by atoms with van der Waals surface area (Å²) in [5, 5.41) is 3.86. The molecule has 2 rings (SSSR count). The smallest absolute Gasteiger partial charge is 0.220 e. The number of carbonyl (C=O) groups excluding carboxylic acids is 1. The lowest BCUT2D eigenvalue weighted by Gasteiger charge is -2.42. The molecule has 0 aliphatic carbocycles. The second-order valence-electron chi connectivity index (χ2n) is 8.21. The average Bonchev–Trinajstić information content (AvgIpc) is 2.56. The van der Waals surface area contributed by atoms with Crippen LogP contribution in [0.5, 0.6) is 0 Å². The SMILES string of the molecule is CC(C)[C@@H]1C[C@](CC(=O)NCCN(C)C)(Cc2ccccc2Cl)CCO1. The highest BCUT2D eigenvalue weighted by Crippen LogP contribution is 2.42. The van der Waals surface area contributed by atoms with Crippen molar-refractivity contribution in [2.45, 2.75) is 45.6 Å². The Morgan fingerprint density at radius 3 is 2.77 bits per heavy atom. The predicted molar refractivity (Wildman–Crippen MR) is 108 cm³/mol. The summed E-state index contributed by atoms with van der Waals surface area (Å²) in [5.41, 5.74) is 1.03. The van der Waals surface area contributed by atoms with E-state index in [1.54, 1.807) is 0 Å². The van der Waals surface area contributed by atoms with Crippen LogP contribution in [0, 0.1) is 11.3 Å². The summed E-state index contributed by atoms with van der Waals surface area (Å²) in [7, 11) is 4.02. The van der Waals surface area contributed by atoms with Gasteiger partial charge in [0.15, 0.2) is 0 Å². The number of benzene rings is 1. The minimum absolute atomic E-state index is 0.0968. The molecule has 1 aromatic carbocycles. The van der Waals surface area contributed by atoms with Gasteiger partial charge in [-0.05, 0) is 56.3 Å². The van der Waals surface area contributed by atoms with E-state index in [0.29, 0.717) is 25.5 Å². The van der Waals surface area contributed by atoms with Crippen LogP contribution in [-0.4, -0.2) is 50.7 Å². The molecule has 1 aliphatic heterocycles. The molecule has 146 valence electrons. The lowest BCUT2D eigenvalue weighted by atomic mass is 9.69. The van der Waals surface area contributed by atoms with Crippen LogP contribution in [0.1, 0.15) is 38.7 Å². The first-order chi connectivity index (χ1) is 12.3. The molecule has 4 nitrogen and oxygen atoms in total. The summed E-state index contributed by atoms with van der Waals surface area (Å²) >= 11 is 6.42. The number of amides is 1. The zero-order chi connectivity index (χ0) is 19.2. The number of ether oxygens (including phenoxy) is 1. The standard InChI is InChI=1S/C21H33ClN2O2/c1-16(2)19-14-21(9-12-26-19,13-17-7-5-6-8-18(17)22)15-20(25)23-10-11-24(3)4/h5-8,16,19H,9-15H2,1-4H3,(H,23,25)/t19-,21+/m0/s1. The van der Waals surface area contributed by atoms with E-state index in [-0.39, 0.29) is 17.4 Å². The second-order valence-corrected chi connectivity index (χ2v) is 8.61. The van der Waals surface area contributed by atoms with Crippen molar-refractivity contribution in [3.05, 3.63) is 34.9 Å². The van der Waals surface area contributed by atoms with Crippen molar-refractivity contribution in [3.8, 4) is 0 Å². The number of nitrogens with one attached hydrogen (secondary N) is 1. The lowest BCUT2D eigenvalue weighted by Crippen LogP contribution is -2.43. The molecule has 0 radical (unpaired) electrons. The molecule has 1 N–H and O–H groups in total. The zero-order valence-corrected chi connectivity index (χ0v) is 17.3. The molecule has 0 spiro atoms. The number of hydrogen-bond donors (Lipinski definition) is 1. The van der Waals surface area contributed by atoms with Crippen LogP contribution in [0.3, 0.4) is 0 Å². The molecule has 0 bridgehead atoms. The Morgan fingerprint density at radius 1 is 1.38 bits per heavy atom. The molecule has 1 amide bonds. The molecule has 5 heteroatoms. The Kier molecular flexibility index (Phi) is 7.93. The zero-order valence-electron chi connectivity index (χ0n) is 16.6. The topological polar surface area (TPSA) is 41.6 Å². The molecule has 0 aromatic heterocycles. The molecule has 1 aliphatic rings. The maximum atomic E-state index is 12.6. The minimum Gasteiger partial charge on any atom is -0.378 e. The Morgan fingerprint density at radius 2 is 2.12 bits per heavy atom. The van der Waals surface area contributed by atoms with Crippen LogP contribution in [0.25, 0.3) is 0 Å². The van der Waals surface area contributed by atoms with Crippen molar-refractivity contribution in [1.82, 2.24) is 10.2 Å². The molecule has 1 aromatic rings.